The SMILES string of the molecule is COc1ccc(Oc2ccc(CC3CC(O)C(NC(C)(C)C)C3)cc2)cc1. The van der Waals surface area contributed by atoms with Crippen molar-refractivity contribution in [3.05, 3.63) is 54.1 Å². The van der Waals surface area contributed by atoms with Crippen LogP contribution in [-0.2, 0) is 6.42 Å². The van der Waals surface area contributed by atoms with Crippen LogP contribution in [0.3, 0.4) is 0 Å². The Labute approximate surface area is 162 Å². The molecule has 2 N–H and O–H groups in total. The molecule has 3 unspecified atom stereocenters. The van der Waals surface area contributed by atoms with Crippen molar-refractivity contribution in [3.63, 3.8) is 0 Å². The van der Waals surface area contributed by atoms with Crippen molar-refractivity contribution in [3.8, 4) is 17.2 Å². The highest BCUT2D eigenvalue weighted by Crippen LogP contribution is 2.31. The second-order valence-corrected chi connectivity index (χ2v) is 8.53. The van der Waals surface area contributed by atoms with Crippen LogP contribution in [0, 0.1) is 5.92 Å². The molecule has 1 saturated carbocycles. The molecule has 3 atom stereocenters. The Morgan fingerprint density at radius 2 is 1.48 bits per heavy atom. The van der Waals surface area contributed by atoms with Gasteiger partial charge in [-0.1, -0.05) is 12.1 Å². The third kappa shape index (κ3) is 5.72. The van der Waals surface area contributed by atoms with Crippen LogP contribution in [0.5, 0.6) is 17.2 Å². The number of hydrogen-bond acceptors (Lipinski definition) is 4. The van der Waals surface area contributed by atoms with E-state index in [4.69, 9.17) is 9.47 Å². The van der Waals surface area contributed by atoms with Gasteiger partial charge in [-0.3, -0.25) is 0 Å². The Bertz CT molecular complexity index is 719. The summed E-state index contributed by atoms with van der Waals surface area (Å²) >= 11 is 0. The molecule has 4 heteroatoms. The number of ether oxygens (including phenoxy) is 2. The first kappa shape index (κ1) is 19.7. The molecule has 27 heavy (non-hydrogen) atoms. The molecule has 0 saturated heterocycles. The van der Waals surface area contributed by atoms with E-state index in [0.29, 0.717) is 5.92 Å². The number of aliphatic hydroxyl groups excluding tert-OH is 1. The zero-order chi connectivity index (χ0) is 19.4. The summed E-state index contributed by atoms with van der Waals surface area (Å²) in [5, 5.41) is 13.9. The Balaban J connectivity index is 1.54. The number of rotatable bonds is 6. The van der Waals surface area contributed by atoms with E-state index in [0.717, 1.165) is 36.5 Å². The molecule has 0 bridgehead atoms. The van der Waals surface area contributed by atoms with E-state index in [1.54, 1.807) is 7.11 Å². The van der Waals surface area contributed by atoms with Gasteiger partial charge >= 0.3 is 0 Å². The van der Waals surface area contributed by atoms with Crippen molar-refractivity contribution in [1.29, 1.82) is 0 Å². The molecule has 0 spiro atoms. The minimum atomic E-state index is -0.257. The van der Waals surface area contributed by atoms with Gasteiger partial charge in [-0.15, -0.1) is 0 Å². The first-order valence-electron chi connectivity index (χ1n) is 9.69. The van der Waals surface area contributed by atoms with E-state index >= 15 is 0 Å². The van der Waals surface area contributed by atoms with Gasteiger partial charge in [-0.2, -0.15) is 0 Å². The molecule has 1 aliphatic rings. The summed E-state index contributed by atoms with van der Waals surface area (Å²) in [5.41, 5.74) is 1.31. The predicted octanol–water partition coefficient (Wildman–Crippen LogP) is 4.56. The second-order valence-electron chi connectivity index (χ2n) is 8.53. The lowest BCUT2D eigenvalue weighted by molar-refractivity contribution is 0.133. The number of methoxy groups -OCH3 is 1. The van der Waals surface area contributed by atoms with Crippen molar-refractivity contribution in [1.82, 2.24) is 5.32 Å². The average Bonchev–Trinajstić information content (AvgIpc) is 2.94. The molecule has 0 aromatic heterocycles. The van der Waals surface area contributed by atoms with Gasteiger partial charge in [-0.25, -0.2) is 0 Å². The van der Waals surface area contributed by atoms with Gasteiger partial charge in [0.25, 0.3) is 0 Å². The average molecular weight is 370 g/mol. The minimum Gasteiger partial charge on any atom is -0.497 e. The third-order valence-electron chi connectivity index (χ3n) is 4.99. The summed E-state index contributed by atoms with van der Waals surface area (Å²) in [6.45, 7) is 6.44. The molecule has 0 radical (unpaired) electrons. The normalized spacial score (nSPS) is 22.6. The summed E-state index contributed by atoms with van der Waals surface area (Å²) in [7, 11) is 1.65. The first-order chi connectivity index (χ1) is 12.8. The van der Waals surface area contributed by atoms with Gasteiger partial charge in [0, 0.05) is 11.6 Å². The fourth-order valence-electron chi connectivity index (χ4n) is 3.80. The molecule has 3 rings (SSSR count). The summed E-state index contributed by atoms with van der Waals surface area (Å²) in [5.74, 6) is 2.94. The van der Waals surface area contributed by atoms with Gasteiger partial charge in [0.15, 0.2) is 0 Å². The quantitative estimate of drug-likeness (QED) is 0.784. The highest BCUT2D eigenvalue weighted by molar-refractivity contribution is 5.36. The van der Waals surface area contributed by atoms with Gasteiger partial charge < -0.3 is 19.9 Å². The van der Waals surface area contributed by atoms with Crippen LogP contribution in [-0.4, -0.2) is 29.9 Å². The van der Waals surface area contributed by atoms with Crippen LogP contribution in [0.15, 0.2) is 48.5 Å². The molecule has 2 aromatic carbocycles. The molecule has 4 nitrogen and oxygen atoms in total. The maximum atomic E-state index is 10.4. The smallest absolute Gasteiger partial charge is 0.127 e. The van der Waals surface area contributed by atoms with Crippen LogP contribution >= 0.6 is 0 Å². The Kier molecular flexibility index (Phi) is 6.08. The van der Waals surface area contributed by atoms with Gasteiger partial charge in [-0.05, 0) is 87.9 Å². The maximum absolute atomic E-state index is 10.4. The van der Waals surface area contributed by atoms with Crippen LogP contribution in [0.1, 0.15) is 39.2 Å². The topological polar surface area (TPSA) is 50.7 Å². The lowest BCUT2D eigenvalue weighted by Gasteiger charge is -2.27. The minimum absolute atomic E-state index is 0.0288. The van der Waals surface area contributed by atoms with Crippen molar-refractivity contribution in [2.24, 2.45) is 5.92 Å². The highest BCUT2D eigenvalue weighted by atomic mass is 16.5. The zero-order valence-electron chi connectivity index (χ0n) is 16.7. The number of hydrogen-bond donors (Lipinski definition) is 2. The molecule has 0 amide bonds. The van der Waals surface area contributed by atoms with Crippen molar-refractivity contribution in [2.45, 2.75) is 57.7 Å². The van der Waals surface area contributed by atoms with E-state index in [9.17, 15) is 5.11 Å². The molecule has 0 heterocycles. The number of nitrogens with one attached hydrogen (secondary N) is 1. The molecule has 2 aromatic rings. The van der Waals surface area contributed by atoms with Crippen molar-refractivity contribution >= 4 is 0 Å². The van der Waals surface area contributed by atoms with Crippen molar-refractivity contribution in [2.75, 3.05) is 7.11 Å². The molecule has 1 fully saturated rings. The van der Waals surface area contributed by atoms with Crippen LogP contribution in [0.25, 0.3) is 0 Å². The summed E-state index contributed by atoms with van der Waals surface area (Å²) in [6.07, 6.45) is 2.61. The predicted molar refractivity (Wildman–Crippen MR) is 109 cm³/mol. The largest absolute Gasteiger partial charge is 0.497 e. The van der Waals surface area contributed by atoms with E-state index in [1.165, 1.54) is 5.56 Å². The van der Waals surface area contributed by atoms with E-state index in [2.05, 4.69) is 38.2 Å². The standard InChI is InChI=1S/C23H31NO3/c1-23(2,3)24-21-14-17(15-22(21)25)13-16-5-7-19(8-6-16)27-20-11-9-18(26-4)10-12-20/h5-12,17,21-22,24-25H,13-15H2,1-4H3. The number of benzene rings is 2. The fraction of sp³-hybridized carbons (Fsp3) is 0.478. The lowest BCUT2D eigenvalue weighted by Crippen LogP contribution is -2.47. The van der Waals surface area contributed by atoms with E-state index in [-0.39, 0.29) is 17.7 Å². The van der Waals surface area contributed by atoms with E-state index < -0.39 is 0 Å². The van der Waals surface area contributed by atoms with Crippen LogP contribution < -0.4 is 14.8 Å². The van der Waals surface area contributed by atoms with Crippen LogP contribution in [0.4, 0.5) is 0 Å². The molecule has 0 aliphatic heterocycles. The summed E-state index contributed by atoms with van der Waals surface area (Å²) in [4.78, 5) is 0. The molecule has 146 valence electrons. The Morgan fingerprint density at radius 1 is 0.926 bits per heavy atom. The Hall–Kier alpha value is -2.04. The zero-order valence-corrected chi connectivity index (χ0v) is 16.7. The lowest BCUT2D eigenvalue weighted by atomic mass is 9.97. The summed E-state index contributed by atoms with van der Waals surface area (Å²) in [6, 6.07) is 16.0. The highest BCUT2D eigenvalue weighted by Gasteiger charge is 2.34. The maximum Gasteiger partial charge on any atom is 0.127 e. The molecular weight excluding hydrogens is 338 g/mol. The number of aliphatic hydroxyl groups is 1. The van der Waals surface area contributed by atoms with Gasteiger partial charge in [0.2, 0.25) is 0 Å². The van der Waals surface area contributed by atoms with Gasteiger partial charge in [0.1, 0.15) is 17.2 Å². The van der Waals surface area contributed by atoms with E-state index in [1.807, 2.05) is 36.4 Å². The summed E-state index contributed by atoms with van der Waals surface area (Å²) < 4.78 is 11.0. The second kappa shape index (κ2) is 8.32. The van der Waals surface area contributed by atoms with Crippen molar-refractivity contribution < 1.29 is 14.6 Å². The fourth-order valence-corrected chi connectivity index (χ4v) is 3.80. The molecular formula is C23H31NO3. The Morgan fingerprint density at radius 3 is 2.04 bits per heavy atom. The first-order valence-corrected chi connectivity index (χ1v) is 9.69. The molecule has 1 aliphatic carbocycles. The monoisotopic (exact) mass is 369 g/mol. The van der Waals surface area contributed by atoms with Gasteiger partial charge in [0.05, 0.1) is 13.2 Å². The van der Waals surface area contributed by atoms with Crippen LogP contribution in [0.2, 0.25) is 0 Å². The third-order valence-corrected chi connectivity index (χ3v) is 4.99.